The summed E-state index contributed by atoms with van der Waals surface area (Å²) in [6.07, 6.45) is 2.05. The van der Waals surface area contributed by atoms with Gasteiger partial charge in [0, 0.05) is 37.0 Å². The first-order valence-electron chi connectivity index (χ1n) is 4.75. The zero-order valence-electron chi connectivity index (χ0n) is 8.41. The van der Waals surface area contributed by atoms with Gasteiger partial charge in [0.05, 0.1) is 0 Å². The molecule has 0 bridgehead atoms. The smallest absolute Gasteiger partial charge is 0.341 e. The number of nitrogens with zero attached hydrogens (tertiary/aromatic N) is 1. The molecule has 0 spiro atoms. The minimum absolute atomic E-state index is 0.177. The molecule has 0 amide bonds. The fraction of sp³-hybridized carbons (Fsp3) is 0.400. The molecule has 2 rings (SSSR count). The fourth-order valence-corrected chi connectivity index (χ4v) is 1.81. The Morgan fingerprint density at radius 2 is 2.33 bits per heavy atom. The van der Waals surface area contributed by atoms with Crippen molar-refractivity contribution in [2.45, 2.75) is 13.0 Å². The lowest BCUT2D eigenvalue weighted by Crippen LogP contribution is -2.33. The van der Waals surface area contributed by atoms with Gasteiger partial charge in [0.1, 0.15) is 5.56 Å². The molecule has 1 aliphatic rings. The second kappa shape index (κ2) is 3.51. The van der Waals surface area contributed by atoms with E-state index in [9.17, 15) is 9.59 Å². The molecule has 0 unspecified atom stereocenters. The van der Waals surface area contributed by atoms with Crippen molar-refractivity contribution in [3.63, 3.8) is 0 Å². The van der Waals surface area contributed by atoms with Crippen molar-refractivity contribution >= 4 is 5.97 Å². The van der Waals surface area contributed by atoms with E-state index < -0.39 is 5.97 Å². The Morgan fingerprint density at radius 1 is 1.60 bits per heavy atom. The van der Waals surface area contributed by atoms with Crippen LogP contribution in [0.15, 0.2) is 11.0 Å². The van der Waals surface area contributed by atoms with Gasteiger partial charge in [-0.2, -0.15) is 0 Å². The SMILES string of the molecule is CN1CCc2[nH]cc(C(=O)O)c(=O)c2C1. The van der Waals surface area contributed by atoms with Crippen LogP contribution < -0.4 is 5.43 Å². The zero-order chi connectivity index (χ0) is 11.0. The molecule has 0 atom stereocenters. The highest BCUT2D eigenvalue weighted by atomic mass is 16.4. The van der Waals surface area contributed by atoms with Crippen LogP contribution in [0, 0.1) is 0 Å². The van der Waals surface area contributed by atoms with Gasteiger partial charge in [0.25, 0.3) is 0 Å². The number of fused-ring (bicyclic) bond motifs is 1. The first-order chi connectivity index (χ1) is 7.09. The third-order valence-corrected chi connectivity index (χ3v) is 2.68. The third-order valence-electron chi connectivity index (χ3n) is 2.68. The Balaban J connectivity index is 2.56. The lowest BCUT2D eigenvalue weighted by molar-refractivity contribution is 0.0694. The van der Waals surface area contributed by atoms with Crippen LogP contribution >= 0.6 is 0 Å². The summed E-state index contributed by atoms with van der Waals surface area (Å²) in [6, 6.07) is 0. The number of aromatic carboxylic acids is 1. The first-order valence-corrected chi connectivity index (χ1v) is 4.75. The number of carboxylic acid groups (broad SMARTS) is 1. The lowest BCUT2D eigenvalue weighted by Gasteiger charge is -2.24. The van der Waals surface area contributed by atoms with Gasteiger partial charge in [-0.25, -0.2) is 4.79 Å². The number of hydrogen-bond acceptors (Lipinski definition) is 3. The maximum atomic E-state index is 11.8. The largest absolute Gasteiger partial charge is 0.477 e. The number of rotatable bonds is 1. The van der Waals surface area contributed by atoms with Gasteiger partial charge < -0.3 is 15.0 Å². The van der Waals surface area contributed by atoms with E-state index >= 15 is 0 Å². The molecule has 1 aliphatic heterocycles. The maximum absolute atomic E-state index is 11.8. The van der Waals surface area contributed by atoms with Crippen molar-refractivity contribution in [3.05, 3.63) is 33.2 Å². The van der Waals surface area contributed by atoms with E-state index in [1.54, 1.807) is 0 Å². The molecule has 0 saturated carbocycles. The van der Waals surface area contributed by atoms with Crippen LogP contribution in [0.5, 0.6) is 0 Å². The number of hydrogen-bond donors (Lipinski definition) is 2. The molecule has 1 aromatic heterocycles. The van der Waals surface area contributed by atoms with Gasteiger partial charge in [0.2, 0.25) is 5.43 Å². The molecule has 1 aromatic rings. The topological polar surface area (TPSA) is 73.4 Å². The Morgan fingerprint density at radius 3 is 3.00 bits per heavy atom. The van der Waals surface area contributed by atoms with Crippen molar-refractivity contribution in [2.75, 3.05) is 13.6 Å². The van der Waals surface area contributed by atoms with Gasteiger partial charge in [-0.15, -0.1) is 0 Å². The molecule has 0 fully saturated rings. The van der Waals surface area contributed by atoms with Crippen LogP contribution in [-0.2, 0) is 13.0 Å². The summed E-state index contributed by atoms with van der Waals surface area (Å²) >= 11 is 0. The summed E-state index contributed by atoms with van der Waals surface area (Å²) in [6.45, 7) is 1.40. The van der Waals surface area contributed by atoms with Crippen LogP contribution in [0.1, 0.15) is 21.6 Å². The second-order valence-corrected chi connectivity index (χ2v) is 3.78. The summed E-state index contributed by atoms with van der Waals surface area (Å²) in [4.78, 5) is 27.4. The van der Waals surface area contributed by atoms with E-state index in [4.69, 9.17) is 5.11 Å². The maximum Gasteiger partial charge on any atom is 0.341 e. The van der Waals surface area contributed by atoms with Crippen molar-refractivity contribution in [2.24, 2.45) is 0 Å². The predicted molar refractivity (Wildman–Crippen MR) is 54.1 cm³/mol. The minimum atomic E-state index is -1.17. The van der Waals surface area contributed by atoms with Gasteiger partial charge >= 0.3 is 5.97 Å². The highest BCUT2D eigenvalue weighted by Crippen LogP contribution is 2.12. The number of H-pyrrole nitrogens is 1. The van der Waals surface area contributed by atoms with Gasteiger partial charge in [-0.1, -0.05) is 0 Å². The predicted octanol–water partition coefficient (Wildman–Crippen LogP) is 0.0610. The van der Waals surface area contributed by atoms with E-state index in [-0.39, 0.29) is 11.0 Å². The summed E-state index contributed by atoms with van der Waals surface area (Å²) in [5.74, 6) is -1.17. The Hall–Kier alpha value is -1.62. The van der Waals surface area contributed by atoms with E-state index in [0.29, 0.717) is 12.1 Å². The van der Waals surface area contributed by atoms with Crippen LogP contribution in [0.25, 0.3) is 0 Å². The van der Waals surface area contributed by atoms with Crippen molar-refractivity contribution in [1.82, 2.24) is 9.88 Å². The number of aromatic amines is 1. The highest BCUT2D eigenvalue weighted by Gasteiger charge is 2.20. The second-order valence-electron chi connectivity index (χ2n) is 3.78. The summed E-state index contributed by atoms with van der Waals surface area (Å²) in [7, 11) is 1.91. The molecule has 0 aliphatic carbocycles. The van der Waals surface area contributed by atoms with E-state index in [1.807, 2.05) is 11.9 Å². The van der Waals surface area contributed by atoms with Gasteiger partial charge in [-0.05, 0) is 7.05 Å². The standard InChI is InChI=1S/C10H12N2O3/c1-12-3-2-8-7(5-12)9(13)6(4-11-8)10(14)15/h4H,2-3,5H2,1H3,(H,11,13)(H,14,15). The van der Waals surface area contributed by atoms with E-state index in [0.717, 1.165) is 18.7 Å². The number of nitrogens with one attached hydrogen (secondary N) is 1. The fourth-order valence-electron chi connectivity index (χ4n) is 1.81. The van der Waals surface area contributed by atoms with Crippen molar-refractivity contribution < 1.29 is 9.90 Å². The van der Waals surface area contributed by atoms with E-state index in [2.05, 4.69) is 4.98 Å². The lowest BCUT2D eigenvalue weighted by atomic mass is 10.0. The van der Waals surface area contributed by atoms with Crippen LogP contribution in [0.4, 0.5) is 0 Å². The molecule has 0 radical (unpaired) electrons. The molecule has 15 heavy (non-hydrogen) atoms. The quantitative estimate of drug-likeness (QED) is 0.684. The minimum Gasteiger partial charge on any atom is -0.477 e. The highest BCUT2D eigenvalue weighted by molar-refractivity contribution is 5.87. The summed E-state index contributed by atoms with van der Waals surface area (Å²) in [5, 5.41) is 8.80. The average molecular weight is 208 g/mol. The molecular weight excluding hydrogens is 196 g/mol. The van der Waals surface area contributed by atoms with Crippen LogP contribution in [0.3, 0.4) is 0 Å². The zero-order valence-corrected chi connectivity index (χ0v) is 8.41. The van der Waals surface area contributed by atoms with Crippen molar-refractivity contribution in [3.8, 4) is 0 Å². The van der Waals surface area contributed by atoms with Crippen molar-refractivity contribution in [1.29, 1.82) is 0 Å². The molecule has 80 valence electrons. The number of carbonyl (C=O) groups is 1. The molecule has 5 nitrogen and oxygen atoms in total. The normalized spacial score (nSPS) is 16.1. The molecule has 2 N–H and O–H groups in total. The summed E-state index contributed by atoms with van der Waals surface area (Å²) in [5.41, 5.74) is 0.915. The van der Waals surface area contributed by atoms with Crippen LogP contribution in [0.2, 0.25) is 0 Å². The Labute approximate surface area is 86.3 Å². The number of likely N-dealkylation sites (N-methyl/N-ethyl adjacent to an activating group) is 1. The number of pyridine rings is 1. The van der Waals surface area contributed by atoms with E-state index in [1.165, 1.54) is 6.20 Å². The van der Waals surface area contributed by atoms with Crippen LogP contribution in [-0.4, -0.2) is 34.6 Å². The Bertz CT molecular complexity index is 464. The number of carboxylic acids is 1. The average Bonchev–Trinajstić information content (AvgIpc) is 2.19. The summed E-state index contributed by atoms with van der Waals surface area (Å²) < 4.78 is 0. The van der Waals surface area contributed by atoms with Gasteiger partial charge in [-0.3, -0.25) is 4.79 Å². The Kier molecular flexibility index (Phi) is 2.32. The monoisotopic (exact) mass is 208 g/mol. The molecular formula is C10H12N2O3. The first kappa shape index (κ1) is 9.92. The number of aromatic nitrogens is 1. The van der Waals surface area contributed by atoms with Gasteiger partial charge in [0.15, 0.2) is 0 Å². The third kappa shape index (κ3) is 1.66. The molecule has 2 heterocycles. The molecule has 5 heteroatoms. The molecule has 0 aromatic carbocycles. The molecule has 0 saturated heterocycles.